The van der Waals surface area contributed by atoms with Crippen LogP contribution in [0, 0.1) is 5.89 Å². The first kappa shape index (κ1) is 8.37. The van der Waals surface area contributed by atoms with E-state index >= 15 is 0 Å². The van der Waals surface area contributed by atoms with Gasteiger partial charge in [-0.15, -0.1) is 0 Å². The molecule has 0 aromatic heterocycles. The highest BCUT2D eigenvalue weighted by atomic mass is 16.5. The summed E-state index contributed by atoms with van der Waals surface area (Å²) in [6.45, 7) is 0.664. The smallest absolute Gasteiger partial charge is 0.211 e. The van der Waals surface area contributed by atoms with Gasteiger partial charge in [-0.1, -0.05) is 18.2 Å². The van der Waals surface area contributed by atoms with Crippen LogP contribution < -0.4 is 9.47 Å². The molecule has 0 amide bonds. The SMILES string of the molecule is [2H]OC1C=C[C@@]2([2H])[C@H]3Cc4ccc(OC([2H])([2H])[2H])c5c4[C@@]2(CCN3C)C1([2H])O5. The molecule has 1 spiro atoms. The monoisotopic (exact) mass is 305 g/mol. The number of hydrogen-bond acceptors (Lipinski definition) is 4. The Morgan fingerprint density at radius 1 is 1.55 bits per heavy atom. The number of likely N-dealkylation sites (tertiary alicyclic amines) is 1. The molecule has 1 aromatic carbocycles. The van der Waals surface area contributed by atoms with Gasteiger partial charge in [0.25, 0.3) is 0 Å². The van der Waals surface area contributed by atoms with E-state index in [1.807, 2.05) is 13.1 Å². The Labute approximate surface area is 138 Å². The molecule has 0 radical (unpaired) electrons. The molecule has 2 aliphatic carbocycles. The van der Waals surface area contributed by atoms with Gasteiger partial charge in [-0.3, -0.25) is 0 Å². The van der Waals surface area contributed by atoms with Crippen LogP contribution in [-0.2, 0) is 11.8 Å². The number of nitrogens with zero attached hydrogens (tertiary/aromatic N) is 1. The Bertz CT molecular complexity index is 891. The minimum atomic E-state index is -2.67. The van der Waals surface area contributed by atoms with Crippen molar-refractivity contribution in [2.24, 2.45) is 5.89 Å². The molecule has 2 aliphatic heterocycles. The molecule has 2 bridgehead atoms. The zero-order valence-electron chi connectivity index (χ0n) is 18.3. The third-order valence-electron chi connectivity index (χ3n) is 5.72. The van der Waals surface area contributed by atoms with Crippen LogP contribution in [0.15, 0.2) is 24.3 Å². The van der Waals surface area contributed by atoms with Crippen molar-refractivity contribution in [2.45, 2.75) is 36.5 Å². The summed E-state index contributed by atoms with van der Waals surface area (Å²) in [5.74, 6) is -0.917. The molecule has 1 saturated heterocycles. The Kier molecular flexibility index (Phi) is 1.54. The fourth-order valence-corrected chi connectivity index (χ4v) is 4.75. The van der Waals surface area contributed by atoms with Crippen molar-refractivity contribution in [1.82, 2.24) is 4.90 Å². The van der Waals surface area contributed by atoms with E-state index in [-0.39, 0.29) is 17.5 Å². The molecule has 4 aliphatic rings. The Morgan fingerprint density at radius 3 is 3.36 bits per heavy atom. The van der Waals surface area contributed by atoms with Crippen molar-refractivity contribution in [3.8, 4) is 11.5 Å². The minimum Gasteiger partial charge on any atom is -0.493 e. The summed E-state index contributed by atoms with van der Waals surface area (Å²) in [6, 6.07) is 3.22. The lowest BCUT2D eigenvalue weighted by molar-refractivity contribution is -0.0453. The van der Waals surface area contributed by atoms with E-state index in [9.17, 15) is 2.74 Å². The van der Waals surface area contributed by atoms with Gasteiger partial charge in [0.15, 0.2) is 11.5 Å². The van der Waals surface area contributed by atoms with Gasteiger partial charge in [0, 0.05) is 24.3 Å². The van der Waals surface area contributed by atoms with Crippen molar-refractivity contribution in [2.75, 3.05) is 20.6 Å². The summed E-state index contributed by atoms with van der Waals surface area (Å²) in [5.41, 5.74) is 0.532. The van der Waals surface area contributed by atoms with Crippen molar-refractivity contribution in [3.63, 3.8) is 0 Å². The average Bonchev–Trinajstić information content (AvgIpc) is 2.88. The maximum absolute atomic E-state index is 9.45. The predicted molar refractivity (Wildman–Crippen MR) is 82.5 cm³/mol. The van der Waals surface area contributed by atoms with Crippen LogP contribution in [0.1, 0.15) is 24.4 Å². The molecule has 116 valence electrons. The van der Waals surface area contributed by atoms with Crippen molar-refractivity contribution < 1.29 is 21.4 Å². The number of ether oxygens (including phenoxy) is 2. The first-order chi connectivity index (χ1) is 13.1. The van der Waals surface area contributed by atoms with Crippen LogP contribution >= 0.6 is 0 Å². The standard InChI is InChI=1S/C18H21NO3/c1-19-8-7-18-11-4-5-13(20)17(18)22-16-14(21-2)6-3-10(15(16)18)9-12(11)19/h3-6,11-13,17,20H,7-9H2,1-2H3/t11-,12+,13?,17?,18-/m0/s1/i2D3,11D,17D,20D. The summed E-state index contributed by atoms with van der Waals surface area (Å²) < 4.78 is 59.9. The highest BCUT2D eigenvalue weighted by Crippen LogP contribution is 2.62. The van der Waals surface area contributed by atoms with E-state index in [0.29, 0.717) is 24.9 Å². The van der Waals surface area contributed by atoms with Gasteiger partial charge in [-0.2, -0.15) is 0 Å². The van der Waals surface area contributed by atoms with Crippen molar-refractivity contribution in [3.05, 3.63) is 35.4 Å². The van der Waals surface area contributed by atoms with Crippen LogP contribution in [0.5, 0.6) is 11.5 Å². The van der Waals surface area contributed by atoms with Crippen LogP contribution in [-0.4, -0.2) is 50.3 Å². The maximum Gasteiger partial charge on any atom is 0.211 e. The zero-order valence-corrected chi connectivity index (χ0v) is 12.3. The number of aliphatic hydroxyl groups is 1. The summed E-state index contributed by atoms with van der Waals surface area (Å²) in [4.78, 5) is 2.14. The van der Waals surface area contributed by atoms with Crippen molar-refractivity contribution >= 4 is 0 Å². The van der Waals surface area contributed by atoms with Crippen LogP contribution in [0.2, 0.25) is 0 Å². The van der Waals surface area contributed by atoms with E-state index < -0.39 is 30.5 Å². The van der Waals surface area contributed by atoms with E-state index in [0.717, 1.165) is 5.56 Å². The van der Waals surface area contributed by atoms with Gasteiger partial charge in [0.2, 0.25) is 1.43 Å². The van der Waals surface area contributed by atoms with Gasteiger partial charge in [0.1, 0.15) is 12.2 Å². The fraction of sp³-hybridized carbons (Fsp3) is 0.556. The molecule has 5 atom stereocenters. The molecule has 4 nitrogen and oxygen atoms in total. The zero-order chi connectivity index (χ0) is 20.1. The topological polar surface area (TPSA) is 41.9 Å². The number of hydrogen-bond donors (Lipinski definition) is 1. The van der Waals surface area contributed by atoms with Crippen LogP contribution in [0.4, 0.5) is 0 Å². The van der Waals surface area contributed by atoms with E-state index in [2.05, 4.69) is 4.90 Å². The van der Waals surface area contributed by atoms with Gasteiger partial charge in [-0.25, -0.2) is 0 Å². The molecule has 2 heterocycles. The molecule has 0 saturated carbocycles. The lowest BCUT2D eigenvalue weighted by atomic mass is 9.53. The summed E-state index contributed by atoms with van der Waals surface area (Å²) in [7, 11) is -0.686. The third-order valence-corrected chi connectivity index (χ3v) is 5.72. The average molecular weight is 305 g/mol. The Morgan fingerprint density at radius 2 is 2.50 bits per heavy atom. The molecule has 2 unspecified atom stereocenters. The second-order valence-corrected chi connectivity index (χ2v) is 6.59. The molecular formula is C18H21NO3. The second kappa shape index (κ2) is 4.06. The van der Waals surface area contributed by atoms with Crippen molar-refractivity contribution in [1.29, 1.82) is 1.43 Å². The van der Waals surface area contributed by atoms with E-state index in [1.54, 1.807) is 18.2 Å². The normalized spacial score (nSPS) is 52.2. The quantitative estimate of drug-likeness (QED) is 0.841. The molecule has 4 heteroatoms. The number of rotatable bonds is 2. The first-order valence-electron chi connectivity index (χ1n) is 10.5. The van der Waals surface area contributed by atoms with E-state index in [4.69, 9.17) is 20.1 Å². The van der Waals surface area contributed by atoms with Crippen LogP contribution in [0.25, 0.3) is 0 Å². The van der Waals surface area contributed by atoms with Crippen LogP contribution in [0.3, 0.4) is 0 Å². The summed E-state index contributed by atoms with van der Waals surface area (Å²) in [6.07, 6.45) is 1.62. The molecule has 1 aromatic rings. The van der Waals surface area contributed by atoms with Gasteiger partial charge in [-0.05, 0) is 38.1 Å². The van der Waals surface area contributed by atoms with E-state index in [1.165, 1.54) is 0 Å². The summed E-state index contributed by atoms with van der Waals surface area (Å²) in [5, 5.41) is 4.85. The molecule has 1 N–H and O–H groups in total. The predicted octanol–water partition coefficient (Wildman–Crippen LogP) is 1.50. The van der Waals surface area contributed by atoms with Gasteiger partial charge in [0.05, 0.1) is 12.5 Å². The van der Waals surface area contributed by atoms with Gasteiger partial charge < -0.3 is 19.5 Å². The number of aliphatic hydroxyl groups excluding tert-OH is 1. The third kappa shape index (κ3) is 1.28. The number of benzene rings is 1. The molecule has 1 fully saturated rings. The number of likely N-dealkylation sites (N-methyl/N-ethyl adjacent to an activating group) is 1. The molecule has 5 rings (SSSR count). The lowest BCUT2D eigenvalue weighted by Gasteiger charge is -2.56. The first-order valence-corrected chi connectivity index (χ1v) is 7.63. The largest absolute Gasteiger partial charge is 0.493 e. The fourth-order valence-electron chi connectivity index (χ4n) is 4.75. The Balaban J connectivity index is 1.82. The Hall–Kier alpha value is -1.52. The second-order valence-electron chi connectivity index (χ2n) is 6.59. The van der Waals surface area contributed by atoms with Gasteiger partial charge >= 0.3 is 0 Å². The summed E-state index contributed by atoms with van der Waals surface area (Å²) >= 11 is 0. The highest BCUT2D eigenvalue weighted by Gasteiger charge is 2.64. The molecular weight excluding hydrogens is 278 g/mol. The molecule has 22 heavy (non-hydrogen) atoms. The maximum atomic E-state index is 9.45. The minimum absolute atomic E-state index is 0.0395. The number of methoxy groups -OCH3 is 1. The highest BCUT2D eigenvalue weighted by molar-refractivity contribution is 5.62. The number of piperidine rings is 1. The lowest BCUT2D eigenvalue weighted by Crippen LogP contribution is -2.64.